The van der Waals surface area contributed by atoms with E-state index >= 15 is 0 Å². The number of para-hydroxylation sites is 2. The van der Waals surface area contributed by atoms with Crippen LogP contribution in [0.5, 0.6) is 0 Å². The lowest BCUT2D eigenvalue weighted by molar-refractivity contribution is -0.133. The number of hydrogen-bond donors (Lipinski definition) is 1. The third-order valence-corrected chi connectivity index (χ3v) is 5.01. The van der Waals surface area contributed by atoms with Gasteiger partial charge in [-0.3, -0.25) is 14.4 Å². The molecule has 0 saturated carbocycles. The summed E-state index contributed by atoms with van der Waals surface area (Å²) in [4.78, 5) is 43.0. The average molecular weight is 409 g/mol. The Labute approximate surface area is 177 Å². The van der Waals surface area contributed by atoms with E-state index in [9.17, 15) is 14.4 Å². The first-order valence-electron chi connectivity index (χ1n) is 10.1. The molecule has 0 fully saturated rings. The van der Waals surface area contributed by atoms with E-state index in [2.05, 4.69) is 5.32 Å². The number of carbonyl (C=O) groups excluding carboxylic acids is 3. The van der Waals surface area contributed by atoms with Gasteiger partial charge in [0.15, 0.2) is 0 Å². The fourth-order valence-electron chi connectivity index (χ4n) is 3.38. The van der Waals surface area contributed by atoms with Gasteiger partial charge in [0.05, 0.1) is 11.4 Å². The van der Waals surface area contributed by atoms with Crippen LogP contribution in [0.25, 0.3) is 0 Å². The average Bonchev–Trinajstić information content (AvgIpc) is 2.74. The molecule has 0 aliphatic carbocycles. The SMILES string of the molecule is CN(C)CCN(Cc1ccccc1)C(=O)CCC(=O)N1CC(=O)Nc2ccccc21. The van der Waals surface area contributed by atoms with Crippen LogP contribution < -0.4 is 10.2 Å². The van der Waals surface area contributed by atoms with Gasteiger partial charge in [0.25, 0.3) is 0 Å². The maximum absolute atomic E-state index is 12.9. The van der Waals surface area contributed by atoms with E-state index in [1.54, 1.807) is 17.0 Å². The Hall–Kier alpha value is -3.19. The number of nitrogens with zero attached hydrogens (tertiary/aromatic N) is 3. The van der Waals surface area contributed by atoms with Crippen molar-refractivity contribution in [1.29, 1.82) is 0 Å². The van der Waals surface area contributed by atoms with E-state index in [-0.39, 0.29) is 37.1 Å². The lowest BCUT2D eigenvalue weighted by Gasteiger charge is -2.29. The van der Waals surface area contributed by atoms with E-state index in [0.29, 0.717) is 24.5 Å². The smallest absolute Gasteiger partial charge is 0.244 e. The zero-order valence-corrected chi connectivity index (χ0v) is 17.5. The van der Waals surface area contributed by atoms with Gasteiger partial charge in [-0.1, -0.05) is 42.5 Å². The molecule has 0 unspecified atom stereocenters. The lowest BCUT2D eigenvalue weighted by atomic mass is 10.1. The van der Waals surface area contributed by atoms with Gasteiger partial charge in [-0.2, -0.15) is 0 Å². The minimum Gasteiger partial charge on any atom is -0.337 e. The summed E-state index contributed by atoms with van der Waals surface area (Å²) in [5, 5.41) is 2.77. The highest BCUT2D eigenvalue weighted by molar-refractivity contribution is 6.10. The molecule has 1 aliphatic heterocycles. The Bertz CT molecular complexity index is 898. The monoisotopic (exact) mass is 408 g/mol. The standard InChI is InChI=1S/C23H28N4O3/c1-25(2)14-15-26(16-18-8-4-3-5-9-18)22(29)12-13-23(30)27-17-21(28)24-19-10-6-7-11-20(19)27/h3-11H,12-17H2,1-2H3,(H,24,28). The van der Waals surface area contributed by atoms with Gasteiger partial charge in [-0.05, 0) is 31.8 Å². The van der Waals surface area contributed by atoms with Crippen LogP contribution in [0.1, 0.15) is 18.4 Å². The predicted molar refractivity (Wildman–Crippen MR) is 117 cm³/mol. The van der Waals surface area contributed by atoms with Gasteiger partial charge in [0.1, 0.15) is 6.54 Å². The summed E-state index contributed by atoms with van der Waals surface area (Å²) < 4.78 is 0. The normalized spacial score (nSPS) is 13.0. The third-order valence-electron chi connectivity index (χ3n) is 5.01. The number of nitrogens with one attached hydrogen (secondary N) is 1. The topological polar surface area (TPSA) is 73.0 Å². The molecule has 0 bridgehead atoms. The second-order valence-corrected chi connectivity index (χ2v) is 7.65. The number of amides is 3. The predicted octanol–water partition coefficient (Wildman–Crippen LogP) is 2.34. The minimum atomic E-state index is -0.231. The van der Waals surface area contributed by atoms with Crippen molar-refractivity contribution in [2.24, 2.45) is 0 Å². The second-order valence-electron chi connectivity index (χ2n) is 7.65. The molecule has 3 rings (SSSR count). The van der Waals surface area contributed by atoms with Crippen molar-refractivity contribution in [1.82, 2.24) is 9.80 Å². The lowest BCUT2D eigenvalue weighted by Crippen LogP contribution is -2.42. The molecule has 0 saturated heterocycles. The summed E-state index contributed by atoms with van der Waals surface area (Å²) in [5.74, 6) is -0.521. The fraction of sp³-hybridized carbons (Fsp3) is 0.348. The van der Waals surface area contributed by atoms with Gasteiger partial charge in [0.2, 0.25) is 17.7 Å². The van der Waals surface area contributed by atoms with Gasteiger partial charge < -0.3 is 20.0 Å². The maximum atomic E-state index is 12.9. The Kier molecular flexibility index (Phi) is 7.19. The van der Waals surface area contributed by atoms with E-state index < -0.39 is 0 Å². The molecule has 2 aromatic rings. The van der Waals surface area contributed by atoms with Crippen LogP contribution in [-0.4, -0.2) is 61.3 Å². The number of carbonyl (C=O) groups is 3. The van der Waals surface area contributed by atoms with Crippen molar-refractivity contribution in [3.05, 3.63) is 60.2 Å². The van der Waals surface area contributed by atoms with Crippen LogP contribution in [0.15, 0.2) is 54.6 Å². The highest BCUT2D eigenvalue weighted by atomic mass is 16.2. The van der Waals surface area contributed by atoms with E-state index in [1.807, 2.05) is 61.5 Å². The molecule has 2 aromatic carbocycles. The van der Waals surface area contributed by atoms with Crippen molar-refractivity contribution in [3.63, 3.8) is 0 Å². The molecule has 0 spiro atoms. The van der Waals surface area contributed by atoms with Gasteiger partial charge >= 0.3 is 0 Å². The molecule has 7 heteroatoms. The van der Waals surface area contributed by atoms with Crippen LogP contribution in [-0.2, 0) is 20.9 Å². The molecule has 30 heavy (non-hydrogen) atoms. The highest BCUT2D eigenvalue weighted by Crippen LogP contribution is 2.29. The zero-order valence-electron chi connectivity index (χ0n) is 17.5. The fourth-order valence-corrected chi connectivity index (χ4v) is 3.38. The Balaban J connectivity index is 1.64. The molecule has 7 nitrogen and oxygen atoms in total. The molecule has 158 valence electrons. The van der Waals surface area contributed by atoms with Crippen LogP contribution in [0.3, 0.4) is 0 Å². The van der Waals surface area contributed by atoms with Gasteiger partial charge in [0, 0.05) is 32.5 Å². The number of hydrogen-bond acceptors (Lipinski definition) is 4. The van der Waals surface area contributed by atoms with E-state index in [0.717, 1.165) is 12.1 Å². The van der Waals surface area contributed by atoms with Crippen LogP contribution >= 0.6 is 0 Å². The van der Waals surface area contributed by atoms with Crippen molar-refractivity contribution in [2.75, 3.05) is 43.9 Å². The van der Waals surface area contributed by atoms with Crippen LogP contribution in [0.2, 0.25) is 0 Å². The highest BCUT2D eigenvalue weighted by Gasteiger charge is 2.27. The quantitative estimate of drug-likeness (QED) is 0.728. The first-order valence-corrected chi connectivity index (χ1v) is 10.1. The Morgan fingerprint density at radius 3 is 2.40 bits per heavy atom. The first-order chi connectivity index (χ1) is 14.4. The van der Waals surface area contributed by atoms with E-state index in [4.69, 9.17) is 0 Å². The Morgan fingerprint density at radius 1 is 0.967 bits per heavy atom. The van der Waals surface area contributed by atoms with Gasteiger partial charge in [-0.15, -0.1) is 0 Å². The molecule has 1 N–H and O–H groups in total. The summed E-state index contributed by atoms with van der Waals surface area (Å²) in [7, 11) is 3.93. The largest absolute Gasteiger partial charge is 0.337 e. The number of anilines is 2. The zero-order chi connectivity index (χ0) is 21.5. The molecule has 0 aromatic heterocycles. The third kappa shape index (κ3) is 5.67. The second kappa shape index (κ2) is 10.0. The molecule has 1 aliphatic rings. The number of rotatable bonds is 8. The minimum absolute atomic E-state index is 0.0294. The van der Waals surface area contributed by atoms with Crippen molar-refractivity contribution in [2.45, 2.75) is 19.4 Å². The first kappa shape index (κ1) is 21.5. The van der Waals surface area contributed by atoms with Crippen molar-refractivity contribution in [3.8, 4) is 0 Å². The summed E-state index contributed by atoms with van der Waals surface area (Å²) in [5.41, 5.74) is 2.34. The number of fused-ring (bicyclic) bond motifs is 1. The molecule has 1 heterocycles. The molecule has 0 atom stereocenters. The molecular weight excluding hydrogens is 380 g/mol. The van der Waals surface area contributed by atoms with Crippen molar-refractivity contribution >= 4 is 29.1 Å². The number of likely N-dealkylation sites (N-methyl/N-ethyl adjacent to an activating group) is 1. The molecule has 3 amide bonds. The summed E-state index contributed by atoms with van der Waals surface area (Å²) in [6.07, 6.45) is 0.174. The summed E-state index contributed by atoms with van der Waals surface area (Å²) >= 11 is 0. The van der Waals surface area contributed by atoms with Gasteiger partial charge in [-0.25, -0.2) is 0 Å². The van der Waals surface area contributed by atoms with Crippen LogP contribution in [0, 0.1) is 0 Å². The molecular formula is C23H28N4O3. The molecule has 0 radical (unpaired) electrons. The Morgan fingerprint density at radius 2 is 1.67 bits per heavy atom. The summed E-state index contributed by atoms with van der Waals surface area (Å²) in [6, 6.07) is 17.0. The maximum Gasteiger partial charge on any atom is 0.244 e. The summed E-state index contributed by atoms with van der Waals surface area (Å²) in [6.45, 7) is 1.81. The van der Waals surface area contributed by atoms with Crippen LogP contribution in [0.4, 0.5) is 11.4 Å². The number of benzene rings is 2. The van der Waals surface area contributed by atoms with E-state index in [1.165, 1.54) is 4.90 Å². The van der Waals surface area contributed by atoms with Crippen molar-refractivity contribution < 1.29 is 14.4 Å².